The Labute approximate surface area is 166 Å². The molecule has 0 saturated heterocycles. The Bertz CT molecular complexity index is 1090. The van der Waals surface area contributed by atoms with E-state index in [1.165, 1.54) is 22.6 Å². The molecule has 150 valence electrons. The Morgan fingerprint density at radius 2 is 1.72 bits per heavy atom. The summed E-state index contributed by atoms with van der Waals surface area (Å²) >= 11 is 0. The fourth-order valence-corrected chi connectivity index (χ4v) is 3.00. The van der Waals surface area contributed by atoms with Gasteiger partial charge in [0.15, 0.2) is 5.82 Å². The van der Waals surface area contributed by atoms with Crippen molar-refractivity contribution in [2.24, 2.45) is 0 Å². The molecular weight excluding hydrogens is 378 g/mol. The average molecular weight is 398 g/mol. The second-order valence-electron chi connectivity index (χ2n) is 6.63. The van der Waals surface area contributed by atoms with E-state index in [4.69, 9.17) is 0 Å². The smallest absolute Gasteiger partial charge is 0.259 e. The van der Waals surface area contributed by atoms with E-state index in [-0.39, 0.29) is 11.6 Å². The fourth-order valence-electron chi connectivity index (χ4n) is 3.00. The van der Waals surface area contributed by atoms with E-state index in [0.29, 0.717) is 28.3 Å². The molecule has 1 heterocycles. The highest BCUT2D eigenvalue weighted by Crippen LogP contribution is 2.23. The summed E-state index contributed by atoms with van der Waals surface area (Å²) in [4.78, 5) is 25.7. The molecule has 0 spiro atoms. The van der Waals surface area contributed by atoms with Crippen LogP contribution in [0, 0.1) is 25.5 Å². The predicted octanol–water partition coefficient (Wildman–Crippen LogP) is 4.00. The number of anilines is 2. The van der Waals surface area contributed by atoms with Crippen molar-refractivity contribution < 1.29 is 18.4 Å². The fraction of sp³-hybridized carbons (Fsp3) is 0.190. The molecule has 2 aromatic carbocycles. The summed E-state index contributed by atoms with van der Waals surface area (Å²) in [5.41, 5.74) is 2.44. The van der Waals surface area contributed by atoms with Crippen LogP contribution in [-0.2, 0) is 4.79 Å². The highest BCUT2D eigenvalue weighted by molar-refractivity contribution is 6.06. The molecule has 0 saturated carbocycles. The number of hydrogen-bond acceptors (Lipinski definition) is 3. The first-order chi connectivity index (χ1) is 13.7. The number of amides is 2. The first kappa shape index (κ1) is 20.2. The first-order valence-electron chi connectivity index (χ1n) is 8.86. The quantitative estimate of drug-likeness (QED) is 0.722. The second kappa shape index (κ2) is 7.83. The number of hydrogen-bond donors (Lipinski definition) is 1. The topological polar surface area (TPSA) is 67.2 Å². The molecule has 1 N–H and O–H groups in total. The van der Waals surface area contributed by atoms with Crippen molar-refractivity contribution >= 4 is 23.2 Å². The van der Waals surface area contributed by atoms with Gasteiger partial charge >= 0.3 is 0 Å². The first-order valence-corrected chi connectivity index (χ1v) is 8.86. The molecule has 1 aromatic heterocycles. The van der Waals surface area contributed by atoms with Gasteiger partial charge in [0.05, 0.1) is 17.0 Å². The molecule has 0 atom stereocenters. The molecule has 0 fully saturated rings. The Kier molecular flexibility index (Phi) is 5.45. The monoisotopic (exact) mass is 398 g/mol. The van der Waals surface area contributed by atoms with Crippen molar-refractivity contribution in [3.05, 3.63) is 71.1 Å². The number of carbonyl (C=O) groups is 2. The van der Waals surface area contributed by atoms with Gasteiger partial charge in [-0.25, -0.2) is 13.5 Å². The van der Waals surface area contributed by atoms with Gasteiger partial charge in [-0.3, -0.25) is 9.59 Å². The average Bonchev–Trinajstić information content (AvgIpc) is 2.95. The number of nitrogens with one attached hydrogen (secondary N) is 1. The summed E-state index contributed by atoms with van der Waals surface area (Å²) in [6.45, 7) is 4.75. The molecule has 0 unspecified atom stereocenters. The van der Waals surface area contributed by atoms with Gasteiger partial charge < -0.3 is 10.2 Å². The molecule has 0 aliphatic rings. The van der Waals surface area contributed by atoms with Crippen LogP contribution in [-0.4, -0.2) is 28.6 Å². The lowest BCUT2D eigenvalue weighted by molar-refractivity contribution is -0.116. The van der Waals surface area contributed by atoms with Gasteiger partial charge in [-0.05, 0) is 50.2 Å². The summed E-state index contributed by atoms with van der Waals surface area (Å²) < 4.78 is 28.6. The minimum atomic E-state index is -0.771. The number of rotatable bonds is 4. The van der Waals surface area contributed by atoms with Gasteiger partial charge in [-0.1, -0.05) is 0 Å². The van der Waals surface area contributed by atoms with Crippen LogP contribution in [0.1, 0.15) is 28.7 Å². The normalized spacial score (nSPS) is 10.7. The van der Waals surface area contributed by atoms with E-state index >= 15 is 0 Å². The largest absolute Gasteiger partial charge is 0.322 e. The molecule has 0 radical (unpaired) electrons. The van der Waals surface area contributed by atoms with E-state index in [1.54, 1.807) is 45.2 Å². The maximum absolute atomic E-state index is 14.1. The summed E-state index contributed by atoms with van der Waals surface area (Å²) in [5, 5.41) is 7.01. The summed E-state index contributed by atoms with van der Waals surface area (Å²) in [5.74, 6) is -1.97. The lowest BCUT2D eigenvalue weighted by atomic mass is 10.1. The molecule has 0 aliphatic carbocycles. The zero-order chi connectivity index (χ0) is 21.3. The van der Waals surface area contributed by atoms with Gasteiger partial charge in [0.25, 0.3) is 5.91 Å². The van der Waals surface area contributed by atoms with E-state index in [0.717, 1.165) is 12.1 Å². The third-order valence-corrected chi connectivity index (χ3v) is 4.64. The van der Waals surface area contributed by atoms with Gasteiger partial charge in [0.2, 0.25) is 5.91 Å². The van der Waals surface area contributed by atoms with Gasteiger partial charge in [-0.15, -0.1) is 0 Å². The number of aromatic nitrogens is 2. The number of aryl methyl sites for hydroxylation is 1. The van der Waals surface area contributed by atoms with Crippen LogP contribution in [0.5, 0.6) is 0 Å². The van der Waals surface area contributed by atoms with Crippen LogP contribution in [0.4, 0.5) is 20.2 Å². The van der Waals surface area contributed by atoms with E-state index in [1.807, 2.05) is 0 Å². The highest BCUT2D eigenvalue weighted by Gasteiger charge is 2.21. The number of nitrogens with zero attached hydrogens (tertiary/aromatic N) is 3. The minimum Gasteiger partial charge on any atom is -0.322 e. The van der Waals surface area contributed by atoms with E-state index < -0.39 is 17.5 Å². The molecular formula is C21H20F2N4O2. The molecule has 8 heteroatoms. The van der Waals surface area contributed by atoms with Crippen molar-refractivity contribution in [1.82, 2.24) is 9.78 Å². The number of halogens is 2. The molecule has 2 amide bonds. The lowest BCUT2D eigenvalue weighted by Crippen LogP contribution is -2.22. The molecule has 3 aromatic rings. The van der Waals surface area contributed by atoms with Crippen molar-refractivity contribution in [2.75, 3.05) is 17.3 Å². The third kappa shape index (κ3) is 4.01. The van der Waals surface area contributed by atoms with Crippen molar-refractivity contribution in [3.8, 4) is 5.69 Å². The predicted molar refractivity (Wildman–Crippen MR) is 106 cm³/mol. The van der Waals surface area contributed by atoms with Crippen LogP contribution in [0.2, 0.25) is 0 Å². The Morgan fingerprint density at radius 1 is 1.07 bits per heavy atom. The maximum Gasteiger partial charge on any atom is 0.259 e. The third-order valence-electron chi connectivity index (χ3n) is 4.64. The van der Waals surface area contributed by atoms with Crippen LogP contribution < -0.4 is 10.2 Å². The second-order valence-corrected chi connectivity index (χ2v) is 6.63. The highest BCUT2D eigenvalue weighted by atomic mass is 19.1. The van der Waals surface area contributed by atoms with Gasteiger partial charge in [0, 0.05) is 31.4 Å². The molecule has 6 nitrogen and oxygen atoms in total. The van der Waals surface area contributed by atoms with Crippen LogP contribution >= 0.6 is 0 Å². The molecule has 29 heavy (non-hydrogen) atoms. The van der Waals surface area contributed by atoms with E-state index in [9.17, 15) is 18.4 Å². The minimum absolute atomic E-state index is 0.0580. The van der Waals surface area contributed by atoms with Crippen LogP contribution in [0.25, 0.3) is 5.69 Å². The zero-order valence-electron chi connectivity index (χ0n) is 16.5. The van der Waals surface area contributed by atoms with E-state index in [2.05, 4.69) is 10.4 Å². The van der Waals surface area contributed by atoms with Crippen molar-refractivity contribution in [2.45, 2.75) is 20.8 Å². The van der Waals surface area contributed by atoms with Crippen molar-refractivity contribution in [1.29, 1.82) is 0 Å². The number of carbonyl (C=O) groups excluding carboxylic acids is 2. The standard InChI is InChI=1S/C21H20F2N4O2/c1-12-20(13(2)27(25-12)19-10-5-15(22)11-18(19)23)21(29)24-16-6-8-17(9-7-16)26(4)14(3)28/h5-11H,1-4H3,(H,24,29). The zero-order valence-corrected chi connectivity index (χ0v) is 16.5. The van der Waals surface area contributed by atoms with Gasteiger partial charge in [0.1, 0.15) is 11.5 Å². The summed E-state index contributed by atoms with van der Waals surface area (Å²) in [7, 11) is 1.66. The maximum atomic E-state index is 14.1. The van der Waals surface area contributed by atoms with Crippen molar-refractivity contribution in [3.63, 3.8) is 0 Å². The Hall–Kier alpha value is -3.55. The Balaban J connectivity index is 1.87. The van der Waals surface area contributed by atoms with Crippen LogP contribution in [0.3, 0.4) is 0 Å². The molecule has 3 rings (SSSR count). The van der Waals surface area contributed by atoms with Crippen LogP contribution in [0.15, 0.2) is 42.5 Å². The summed E-state index contributed by atoms with van der Waals surface area (Å²) in [6.07, 6.45) is 0. The molecule has 0 aliphatic heterocycles. The lowest BCUT2D eigenvalue weighted by Gasteiger charge is -2.15. The van der Waals surface area contributed by atoms with Gasteiger partial charge in [-0.2, -0.15) is 5.10 Å². The SMILES string of the molecule is CC(=O)N(C)c1ccc(NC(=O)c2c(C)nn(-c3ccc(F)cc3F)c2C)cc1. The molecule has 0 bridgehead atoms. The number of benzene rings is 2. The summed E-state index contributed by atoms with van der Waals surface area (Å²) in [6, 6.07) is 9.97. The Morgan fingerprint density at radius 3 is 2.31 bits per heavy atom.